The lowest BCUT2D eigenvalue weighted by Crippen LogP contribution is -2.19. The van der Waals surface area contributed by atoms with Crippen LogP contribution in [0.5, 0.6) is 5.75 Å². The zero-order valence-electron chi connectivity index (χ0n) is 10.6. The molecule has 1 heterocycles. The van der Waals surface area contributed by atoms with Crippen LogP contribution in [0.3, 0.4) is 0 Å². The minimum atomic E-state index is 0.479. The molecule has 0 aliphatic carbocycles. The molecule has 0 spiro atoms. The van der Waals surface area contributed by atoms with E-state index in [1.807, 2.05) is 43.3 Å². The van der Waals surface area contributed by atoms with Gasteiger partial charge in [0, 0.05) is 18.1 Å². The molecule has 0 radical (unpaired) electrons. The molecule has 2 aromatic rings. The zero-order chi connectivity index (χ0) is 13.0. The number of likely N-dealkylation sites (N-methyl/N-ethyl adjacent to an activating group) is 1. The van der Waals surface area contributed by atoms with Gasteiger partial charge in [0.25, 0.3) is 0 Å². The average molecular weight is 241 g/mol. The molecule has 1 aromatic heterocycles. The summed E-state index contributed by atoms with van der Waals surface area (Å²) >= 11 is 0. The lowest BCUT2D eigenvalue weighted by Gasteiger charge is -2.13. The van der Waals surface area contributed by atoms with E-state index in [-0.39, 0.29) is 0 Å². The molecular weight excluding hydrogens is 226 g/mol. The van der Waals surface area contributed by atoms with E-state index >= 15 is 0 Å². The number of ether oxygens (including phenoxy) is 1. The molecular formula is C14H15N3O. The van der Waals surface area contributed by atoms with Gasteiger partial charge in [-0.05, 0) is 26.2 Å². The molecule has 0 saturated carbocycles. The van der Waals surface area contributed by atoms with Gasteiger partial charge in [0.15, 0.2) is 0 Å². The SMILES string of the molecule is CN(C)CCOc1c(C#N)cnc2ccccc12. The second kappa shape index (κ2) is 5.48. The Labute approximate surface area is 106 Å². The van der Waals surface area contributed by atoms with Crippen LogP contribution in [0.1, 0.15) is 5.56 Å². The van der Waals surface area contributed by atoms with E-state index in [2.05, 4.69) is 11.1 Å². The summed E-state index contributed by atoms with van der Waals surface area (Å²) in [4.78, 5) is 6.28. The van der Waals surface area contributed by atoms with Crippen molar-refractivity contribution < 1.29 is 4.74 Å². The molecule has 2 rings (SSSR count). The molecule has 0 bridgehead atoms. The van der Waals surface area contributed by atoms with Crippen LogP contribution in [0.4, 0.5) is 0 Å². The number of pyridine rings is 1. The van der Waals surface area contributed by atoms with Gasteiger partial charge < -0.3 is 9.64 Å². The van der Waals surface area contributed by atoms with Gasteiger partial charge >= 0.3 is 0 Å². The minimum Gasteiger partial charge on any atom is -0.490 e. The van der Waals surface area contributed by atoms with Crippen molar-refractivity contribution in [2.75, 3.05) is 27.2 Å². The molecule has 0 saturated heterocycles. The van der Waals surface area contributed by atoms with Crippen LogP contribution in [-0.2, 0) is 0 Å². The molecule has 4 heteroatoms. The predicted octanol–water partition coefficient (Wildman–Crippen LogP) is 2.05. The van der Waals surface area contributed by atoms with Crippen molar-refractivity contribution in [1.29, 1.82) is 5.26 Å². The first-order valence-corrected chi connectivity index (χ1v) is 5.77. The zero-order valence-corrected chi connectivity index (χ0v) is 10.6. The molecule has 92 valence electrons. The highest BCUT2D eigenvalue weighted by Gasteiger charge is 2.09. The van der Waals surface area contributed by atoms with Gasteiger partial charge in [-0.2, -0.15) is 5.26 Å². The number of nitriles is 1. The average Bonchev–Trinajstić information content (AvgIpc) is 2.38. The molecule has 1 aromatic carbocycles. The van der Waals surface area contributed by atoms with Gasteiger partial charge in [0.2, 0.25) is 0 Å². The number of rotatable bonds is 4. The maximum absolute atomic E-state index is 9.11. The van der Waals surface area contributed by atoms with Gasteiger partial charge in [-0.25, -0.2) is 0 Å². The van der Waals surface area contributed by atoms with Crippen molar-refractivity contribution in [3.8, 4) is 11.8 Å². The number of benzene rings is 1. The summed E-state index contributed by atoms with van der Waals surface area (Å²) in [6, 6.07) is 9.80. The Morgan fingerprint density at radius 3 is 2.83 bits per heavy atom. The quantitative estimate of drug-likeness (QED) is 0.822. The van der Waals surface area contributed by atoms with Crippen LogP contribution >= 0.6 is 0 Å². The summed E-state index contributed by atoms with van der Waals surface area (Å²) in [5.74, 6) is 0.630. The van der Waals surface area contributed by atoms with Crippen molar-refractivity contribution in [3.63, 3.8) is 0 Å². The third-order valence-corrected chi connectivity index (χ3v) is 2.63. The summed E-state index contributed by atoms with van der Waals surface area (Å²) in [5.41, 5.74) is 1.32. The number of para-hydroxylation sites is 1. The Balaban J connectivity index is 2.36. The van der Waals surface area contributed by atoms with Crippen molar-refractivity contribution >= 4 is 10.9 Å². The van der Waals surface area contributed by atoms with Gasteiger partial charge in [0.05, 0.1) is 5.52 Å². The second-order valence-electron chi connectivity index (χ2n) is 4.28. The van der Waals surface area contributed by atoms with E-state index in [0.717, 1.165) is 17.4 Å². The molecule has 0 atom stereocenters. The summed E-state index contributed by atoms with van der Waals surface area (Å²) < 4.78 is 5.75. The Morgan fingerprint density at radius 1 is 1.33 bits per heavy atom. The molecule has 18 heavy (non-hydrogen) atoms. The van der Waals surface area contributed by atoms with Crippen LogP contribution in [0, 0.1) is 11.3 Å². The highest BCUT2D eigenvalue weighted by atomic mass is 16.5. The number of aromatic nitrogens is 1. The maximum atomic E-state index is 9.11. The first-order chi connectivity index (χ1) is 8.72. The molecule has 0 aliphatic heterocycles. The summed E-state index contributed by atoms with van der Waals surface area (Å²) in [7, 11) is 3.97. The molecule has 0 amide bonds. The molecule has 0 unspecified atom stereocenters. The number of hydrogen-bond acceptors (Lipinski definition) is 4. The molecule has 0 fully saturated rings. The van der Waals surface area contributed by atoms with E-state index in [0.29, 0.717) is 17.9 Å². The van der Waals surface area contributed by atoms with Crippen LogP contribution in [-0.4, -0.2) is 37.1 Å². The normalized spacial score (nSPS) is 10.6. The maximum Gasteiger partial charge on any atom is 0.148 e. The fourth-order valence-corrected chi connectivity index (χ4v) is 1.68. The monoisotopic (exact) mass is 241 g/mol. The standard InChI is InChI=1S/C14H15N3O/c1-17(2)7-8-18-14-11(9-15)10-16-13-6-4-3-5-12(13)14/h3-6,10H,7-8H2,1-2H3. The van der Waals surface area contributed by atoms with Crippen molar-refractivity contribution in [1.82, 2.24) is 9.88 Å². The van der Waals surface area contributed by atoms with Crippen LogP contribution in [0.15, 0.2) is 30.5 Å². The largest absolute Gasteiger partial charge is 0.490 e. The van der Waals surface area contributed by atoms with Crippen molar-refractivity contribution in [2.24, 2.45) is 0 Å². The number of hydrogen-bond donors (Lipinski definition) is 0. The van der Waals surface area contributed by atoms with Crippen LogP contribution in [0.25, 0.3) is 10.9 Å². The van der Waals surface area contributed by atoms with Crippen molar-refractivity contribution in [2.45, 2.75) is 0 Å². The lowest BCUT2D eigenvalue weighted by molar-refractivity contribution is 0.263. The van der Waals surface area contributed by atoms with Crippen LogP contribution in [0.2, 0.25) is 0 Å². The highest BCUT2D eigenvalue weighted by molar-refractivity contribution is 5.87. The van der Waals surface area contributed by atoms with E-state index in [4.69, 9.17) is 10.00 Å². The minimum absolute atomic E-state index is 0.479. The van der Waals surface area contributed by atoms with E-state index in [9.17, 15) is 0 Å². The topological polar surface area (TPSA) is 49.1 Å². The molecule has 0 N–H and O–H groups in total. The fourth-order valence-electron chi connectivity index (χ4n) is 1.68. The molecule has 4 nitrogen and oxygen atoms in total. The van der Waals surface area contributed by atoms with E-state index < -0.39 is 0 Å². The first kappa shape index (κ1) is 12.3. The van der Waals surface area contributed by atoms with Crippen molar-refractivity contribution in [3.05, 3.63) is 36.0 Å². The third-order valence-electron chi connectivity index (χ3n) is 2.63. The van der Waals surface area contributed by atoms with Gasteiger partial charge in [0.1, 0.15) is 24.0 Å². The van der Waals surface area contributed by atoms with Gasteiger partial charge in [-0.3, -0.25) is 4.98 Å². The predicted molar refractivity (Wildman–Crippen MR) is 70.5 cm³/mol. The first-order valence-electron chi connectivity index (χ1n) is 5.77. The van der Waals surface area contributed by atoms with Gasteiger partial charge in [-0.1, -0.05) is 12.1 Å². The highest BCUT2D eigenvalue weighted by Crippen LogP contribution is 2.27. The summed E-state index contributed by atoms with van der Waals surface area (Å²) in [6.07, 6.45) is 1.56. The Hall–Kier alpha value is -2.12. The lowest BCUT2D eigenvalue weighted by atomic mass is 10.1. The fraction of sp³-hybridized carbons (Fsp3) is 0.286. The van der Waals surface area contributed by atoms with E-state index in [1.54, 1.807) is 6.20 Å². The van der Waals surface area contributed by atoms with Gasteiger partial charge in [-0.15, -0.1) is 0 Å². The van der Waals surface area contributed by atoms with E-state index in [1.165, 1.54) is 0 Å². The second-order valence-corrected chi connectivity index (χ2v) is 4.28. The number of nitrogens with zero attached hydrogens (tertiary/aromatic N) is 3. The molecule has 0 aliphatic rings. The van der Waals surface area contributed by atoms with Crippen LogP contribution < -0.4 is 4.74 Å². The Morgan fingerprint density at radius 2 is 2.11 bits per heavy atom. The number of fused-ring (bicyclic) bond motifs is 1. The Bertz CT molecular complexity index is 587. The summed E-state index contributed by atoms with van der Waals surface area (Å²) in [6.45, 7) is 1.36. The Kier molecular flexibility index (Phi) is 3.75. The third kappa shape index (κ3) is 2.58. The smallest absolute Gasteiger partial charge is 0.148 e. The summed E-state index contributed by atoms with van der Waals surface area (Å²) in [5, 5.41) is 9.99.